The molecule has 12 heavy (non-hydrogen) atoms. The van der Waals surface area contributed by atoms with Crippen molar-refractivity contribution >= 4 is 0 Å². The predicted octanol–water partition coefficient (Wildman–Crippen LogP) is 2.17. The predicted molar refractivity (Wildman–Crippen MR) is 50.0 cm³/mol. The van der Waals surface area contributed by atoms with E-state index in [4.69, 9.17) is 0 Å². The van der Waals surface area contributed by atoms with E-state index < -0.39 is 0 Å². The van der Waals surface area contributed by atoms with E-state index in [9.17, 15) is 0 Å². The van der Waals surface area contributed by atoms with Gasteiger partial charge in [0, 0.05) is 18.0 Å². The first-order chi connectivity index (χ1) is 5.69. The smallest absolute Gasteiger partial charge is 0.0113 e. The molecule has 3 rings (SSSR count). The molecule has 0 radical (unpaired) electrons. The van der Waals surface area contributed by atoms with Crippen molar-refractivity contribution in [2.75, 3.05) is 6.54 Å². The molecule has 1 heteroatoms. The van der Waals surface area contributed by atoms with Gasteiger partial charge in [0.1, 0.15) is 0 Å². The Morgan fingerprint density at radius 1 is 1.17 bits per heavy atom. The van der Waals surface area contributed by atoms with Crippen LogP contribution in [0.1, 0.15) is 39.5 Å². The van der Waals surface area contributed by atoms with Crippen molar-refractivity contribution in [3.8, 4) is 0 Å². The summed E-state index contributed by atoms with van der Waals surface area (Å²) in [5.74, 6) is 1.02. The monoisotopic (exact) mass is 165 g/mol. The highest BCUT2D eigenvalue weighted by Gasteiger charge is 2.68. The Balaban J connectivity index is 1.82. The maximum Gasteiger partial charge on any atom is 0.0113 e. The average Bonchev–Trinajstić information content (AvgIpc) is 1.93. The molecule has 2 aliphatic carbocycles. The molecule has 1 saturated heterocycles. The zero-order valence-electron chi connectivity index (χ0n) is 8.19. The average molecular weight is 165 g/mol. The van der Waals surface area contributed by atoms with Crippen molar-refractivity contribution in [2.45, 2.75) is 45.6 Å². The first-order valence-electron chi connectivity index (χ1n) is 5.42. The van der Waals surface area contributed by atoms with E-state index in [1.165, 1.54) is 32.2 Å². The summed E-state index contributed by atoms with van der Waals surface area (Å²) in [5, 5.41) is 3.54. The van der Waals surface area contributed by atoms with Gasteiger partial charge < -0.3 is 5.32 Å². The van der Waals surface area contributed by atoms with Crippen molar-refractivity contribution in [3.05, 3.63) is 0 Å². The van der Waals surface area contributed by atoms with Crippen molar-refractivity contribution in [2.24, 2.45) is 16.7 Å². The fourth-order valence-electron chi connectivity index (χ4n) is 4.19. The number of rotatable bonds is 0. The zero-order valence-corrected chi connectivity index (χ0v) is 8.19. The molecule has 68 valence electrons. The molecule has 0 aromatic heterocycles. The fourth-order valence-corrected chi connectivity index (χ4v) is 4.19. The Morgan fingerprint density at radius 3 is 2.17 bits per heavy atom. The lowest BCUT2D eigenvalue weighted by molar-refractivity contribution is -0.212. The van der Waals surface area contributed by atoms with Crippen molar-refractivity contribution in [1.82, 2.24) is 5.32 Å². The molecule has 0 amide bonds. The second kappa shape index (κ2) is 1.89. The van der Waals surface area contributed by atoms with Crippen LogP contribution in [0.15, 0.2) is 0 Å². The summed E-state index contributed by atoms with van der Waals surface area (Å²) < 4.78 is 0. The lowest BCUT2D eigenvalue weighted by Crippen LogP contribution is -2.75. The van der Waals surface area contributed by atoms with Crippen molar-refractivity contribution in [3.63, 3.8) is 0 Å². The second-order valence-corrected chi connectivity index (χ2v) is 5.55. The van der Waals surface area contributed by atoms with Gasteiger partial charge in [0.25, 0.3) is 0 Å². The minimum Gasteiger partial charge on any atom is -0.313 e. The van der Waals surface area contributed by atoms with Crippen molar-refractivity contribution in [1.29, 1.82) is 0 Å². The Bertz CT molecular complexity index is 213. The number of nitrogens with one attached hydrogen (secondary N) is 1. The third-order valence-electron chi connectivity index (χ3n) is 5.14. The summed E-state index contributed by atoms with van der Waals surface area (Å²) in [5.41, 5.74) is 1.58. The Labute approximate surface area is 74.9 Å². The molecule has 2 atom stereocenters. The van der Waals surface area contributed by atoms with Gasteiger partial charge in [-0.2, -0.15) is 0 Å². The Kier molecular flexibility index (Phi) is 1.16. The third kappa shape index (κ3) is 0.555. The summed E-state index contributed by atoms with van der Waals surface area (Å²) >= 11 is 0. The minimum atomic E-state index is 0.763. The van der Waals surface area contributed by atoms with Gasteiger partial charge in [-0.15, -0.1) is 0 Å². The standard InChI is InChI=1S/C11H19N/c1-8-5-10(6-8)3-4-11(10)7-12-9(11)2/h8-9,12H,3-7H2,1-2H3. The molecular formula is C11H19N. The van der Waals surface area contributed by atoms with Gasteiger partial charge >= 0.3 is 0 Å². The topological polar surface area (TPSA) is 12.0 Å². The van der Waals surface area contributed by atoms with E-state index >= 15 is 0 Å². The molecule has 2 saturated carbocycles. The maximum atomic E-state index is 3.54. The minimum absolute atomic E-state index is 0.763. The molecule has 1 nitrogen and oxygen atoms in total. The van der Waals surface area contributed by atoms with E-state index in [1.54, 1.807) is 0 Å². The largest absolute Gasteiger partial charge is 0.313 e. The van der Waals surface area contributed by atoms with Gasteiger partial charge in [-0.3, -0.25) is 0 Å². The second-order valence-electron chi connectivity index (χ2n) is 5.55. The highest BCUT2D eigenvalue weighted by Crippen LogP contribution is 2.71. The van der Waals surface area contributed by atoms with E-state index in [2.05, 4.69) is 19.2 Å². The van der Waals surface area contributed by atoms with E-state index in [-0.39, 0.29) is 0 Å². The fraction of sp³-hybridized carbons (Fsp3) is 1.00. The molecule has 2 unspecified atom stereocenters. The van der Waals surface area contributed by atoms with E-state index in [1.807, 2.05) is 0 Å². The quantitative estimate of drug-likeness (QED) is 0.580. The molecule has 0 aromatic rings. The van der Waals surface area contributed by atoms with Gasteiger partial charge in [0.2, 0.25) is 0 Å². The zero-order chi connectivity index (χ0) is 8.40. The van der Waals surface area contributed by atoms with E-state index in [0.29, 0.717) is 0 Å². The summed E-state index contributed by atoms with van der Waals surface area (Å²) in [6, 6.07) is 0.818. The summed E-state index contributed by atoms with van der Waals surface area (Å²) in [6.07, 6.45) is 6.09. The molecule has 3 fully saturated rings. The van der Waals surface area contributed by atoms with Crippen molar-refractivity contribution < 1.29 is 0 Å². The maximum absolute atomic E-state index is 3.54. The molecule has 0 aromatic carbocycles. The third-order valence-corrected chi connectivity index (χ3v) is 5.14. The number of hydrogen-bond donors (Lipinski definition) is 1. The first kappa shape index (κ1) is 7.37. The molecule has 1 N–H and O–H groups in total. The van der Waals surface area contributed by atoms with Crippen LogP contribution in [0.5, 0.6) is 0 Å². The van der Waals surface area contributed by atoms with Crippen LogP contribution in [-0.4, -0.2) is 12.6 Å². The SMILES string of the molecule is CC1CC2(CCC23CNC3C)C1. The van der Waals surface area contributed by atoms with Crippen LogP contribution >= 0.6 is 0 Å². The summed E-state index contributed by atoms with van der Waals surface area (Å²) in [4.78, 5) is 0. The Morgan fingerprint density at radius 2 is 1.92 bits per heavy atom. The van der Waals surface area contributed by atoms with Crippen LogP contribution in [0.25, 0.3) is 0 Å². The normalized spacial score (nSPS) is 62.5. The number of hydrogen-bond acceptors (Lipinski definition) is 1. The van der Waals surface area contributed by atoms with Gasteiger partial charge in [0.05, 0.1) is 0 Å². The molecule has 2 spiro atoms. The molecule has 3 aliphatic rings. The van der Waals surface area contributed by atoms with Gasteiger partial charge in [-0.05, 0) is 43.9 Å². The van der Waals surface area contributed by atoms with Gasteiger partial charge in [0.15, 0.2) is 0 Å². The van der Waals surface area contributed by atoms with Crippen LogP contribution < -0.4 is 5.32 Å². The van der Waals surface area contributed by atoms with Crippen LogP contribution in [0.2, 0.25) is 0 Å². The molecule has 0 bridgehead atoms. The lowest BCUT2D eigenvalue weighted by atomic mass is 9.35. The number of fused-ring (bicyclic) bond motifs is 1. The summed E-state index contributed by atoms with van der Waals surface area (Å²) in [6.45, 7) is 6.11. The van der Waals surface area contributed by atoms with Crippen LogP contribution in [0.4, 0.5) is 0 Å². The van der Waals surface area contributed by atoms with Gasteiger partial charge in [-0.25, -0.2) is 0 Å². The molecular weight excluding hydrogens is 146 g/mol. The van der Waals surface area contributed by atoms with E-state index in [0.717, 1.165) is 22.8 Å². The summed E-state index contributed by atoms with van der Waals surface area (Å²) in [7, 11) is 0. The van der Waals surface area contributed by atoms with Crippen LogP contribution in [0, 0.1) is 16.7 Å². The first-order valence-corrected chi connectivity index (χ1v) is 5.42. The van der Waals surface area contributed by atoms with Crippen LogP contribution in [-0.2, 0) is 0 Å². The molecule has 1 aliphatic heterocycles. The highest BCUT2D eigenvalue weighted by atomic mass is 15.1. The lowest BCUT2D eigenvalue weighted by Gasteiger charge is -2.73. The highest BCUT2D eigenvalue weighted by molar-refractivity contribution is 5.20. The molecule has 1 heterocycles. The Hall–Kier alpha value is -0.0400. The van der Waals surface area contributed by atoms with Crippen LogP contribution in [0.3, 0.4) is 0 Å². The van der Waals surface area contributed by atoms with Gasteiger partial charge in [-0.1, -0.05) is 6.92 Å².